The zero-order valence-corrected chi connectivity index (χ0v) is 21.9. The van der Waals surface area contributed by atoms with Gasteiger partial charge in [0.2, 0.25) is 5.91 Å². The number of ketones is 4. The quantitative estimate of drug-likeness (QED) is 0.396. The van der Waals surface area contributed by atoms with Crippen molar-refractivity contribution in [3.8, 4) is 5.75 Å². The van der Waals surface area contributed by atoms with Crippen LogP contribution in [0.5, 0.6) is 5.75 Å². The van der Waals surface area contributed by atoms with Gasteiger partial charge in [-0.3, -0.25) is 24.0 Å². The van der Waals surface area contributed by atoms with E-state index in [1.165, 1.54) is 11.3 Å². The predicted octanol–water partition coefficient (Wildman–Crippen LogP) is 0.770. The number of nitrogens with zero attached hydrogens (tertiary/aromatic N) is 2. The molecule has 5 rings (SSSR count). The maximum absolute atomic E-state index is 13.9. The van der Waals surface area contributed by atoms with Gasteiger partial charge in [0.25, 0.3) is 0 Å². The molecule has 200 valence electrons. The molecule has 0 saturated heterocycles. The summed E-state index contributed by atoms with van der Waals surface area (Å²) in [5.41, 5.74) is 5.06. The van der Waals surface area contributed by atoms with E-state index in [0.29, 0.717) is 21.9 Å². The number of nitrogens with one attached hydrogen (secondary N) is 1. The number of thiazole rings is 1. The number of hydrogen-bond acceptors (Lipinski definition) is 11. The van der Waals surface area contributed by atoms with Crippen LogP contribution in [0.4, 0.5) is 10.8 Å². The number of Topliss-reactive ketones (excluding diaryl/α,β-unsaturated/α-hetero) is 4. The minimum Gasteiger partial charge on any atom is -0.507 e. The molecule has 1 amide bonds. The lowest BCUT2D eigenvalue weighted by molar-refractivity contribution is -0.175. The van der Waals surface area contributed by atoms with Gasteiger partial charge in [0.05, 0.1) is 17.2 Å². The number of hydrogen-bond donors (Lipinski definition) is 4. The summed E-state index contributed by atoms with van der Waals surface area (Å²) in [7, 11) is 3.61. The molecule has 5 atom stereocenters. The van der Waals surface area contributed by atoms with Gasteiger partial charge < -0.3 is 26.2 Å². The number of fused-ring (bicyclic) bond motifs is 3. The molecule has 3 aliphatic rings. The number of amides is 1. The van der Waals surface area contributed by atoms with Crippen molar-refractivity contribution in [2.24, 2.45) is 29.4 Å². The standard InChI is InChI=1S/C26H28N4O7S/c1-10-9-38-25(29-10)28-8-12-6-15(30(2)3)14-5-11-4-13-7-16(31)19(24(27)36)23(35)26(13,37)22(34)17(11)21(33)18(14)20(12)32/h6,9,11,13,17,19,32,37H,4-5,7-8H2,1-3H3,(H2,27,36)(H,28,29)/t11-,13+,17?,19?,26+/m1/s1. The molecule has 0 radical (unpaired) electrons. The average Bonchev–Trinajstić information content (AvgIpc) is 3.25. The lowest BCUT2D eigenvalue weighted by atomic mass is 9.53. The Balaban J connectivity index is 1.56. The lowest BCUT2D eigenvalue weighted by Crippen LogP contribution is -2.68. The van der Waals surface area contributed by atoms with E-state index >= 15 is 0 Å². The molecule has 3 aliphatic carbocycles. The summed E-state index contributed by atoms with van der Waals surface area (Å²) >= 11 is 1.40. The maximum Gasteiger partial charge on any atom is 0.235 e. The van der Waals surface area contributed by atoms with Crippen molar-refractivity contribution in [1.29, 1.82) is 0 Å². The van der Waals surface area contributed by atoms with Gasteiger partial charge >= 0.3 is 0 Å². The number of benzene rings is 1. The zero-order valence-electron chi connectivity index (χ0n) is 21.1. The molecule has 2 aromatic rings. The second-order valence-corrected chi connectivity index (χ2v) is 11.4. The molecule has 12 heteroatoms. The minimum atomic E-state index is -2.66. The van der Waals surface area contributed by atoms with Crippen molar-refractivity contribution in [3.63, 3.8) is 0 Å². The Bertz CT molecular complexity index is 1420. The van der Waals surface area contributed by atoms with E-state index in [1.54, 1.807) is 20.2 Å². The number of carbonyl (C=O) groups excluding carboxylic acids is 5. The average molecular weight is 541 g/mol. The topological polar surface area (TPSA) is 180 Å². The van der Waals surface area contributed by atoms with Crippen LogP contribution >= 0.6 is 11.3 Å². The van der Waals surface area contributed by atoms with E-state index in [4.69, 9.17) is 5.73 Å². The number of phenols is 1. The number of rotatable bonds is 5. The summed E-state index contributed by atoms with van der Waals surface area (Å²) in [6.07, 6.45) is -0.0774. The Morgan fingerprint density at radius 3 is 2.55 bits per heavy atom. The molecule has 1 aromatic heterocycles. The summed E-state index contributed by atoms with van der Waals surface area (Å²) in [6, 6.07) is 1.78. The SMILES string of the molecule is Cc1csc(NCc2cc(N(C)C)c3c(c2O)C(=O)C2C(=O)[C@]4(O)C(=O)C(C(N)=O)C(=O)C[C@@H]4C[C@@H]2C3)n1. The molecule has 0 aliphatic heterocycles. The maximum atomic E-state index is 13.9. The first-order valence-electron chi connectivity index (χ1n) is 12.2. The molecular formula is C26H28N4O7S. The van der Waals surface area contributed by atoms with E-state index in [1.807, 2.05) is 17.2 Å². The summed E-state index contributed by atoms with van der Waals surface area (Å²) in [4.78, 5) is 71.1. The number of aryl methyl sites for hydroxylation is 1. The fourth-order valence-corrected chi connectivity index (χ4v) is 6.90. The second-order valence-electron chi connectivity index (χ2n) is 10.5. The van der Waals surface area contributed by atoms with Crippen molar-refractivity contribution in [2.45, 2.75) is 38.3 Å². The Morgan fingerprint density at radius 2 is 1.95 bits per heavy atom. The van der Waals surface area contributed by atoms with Gasteiger partial charge in [0.1, 0.15) is 5.75 Å². The van der Waals surface area contributed by atoms with E-state index < -0.39 is 58.3 Å². The molecule has 1 heterocycles. The van der Waals surface area contributed by atoms with Gasteiger partial charge in [-0.15, -0.1) is 11.3 Å². The summed E-state index contributed by atoms with van der Waals surface area (Å²) in [5, 5.41) is 28.2. The Labute approximate surface area is 222 Å². The molecule has 2 unspecified atom stereocenters. The molecule has 5 N–H and O–H groups in total. The number of phenolic OH excluding ortho intramolecular Hbond substituents is 1. The Hall–Kier alpha value is -3.64. The molecule has 1 aromatic carbocycles. The highest BCUT2D eigenvalue weighted by atomic mass is 32.1. The smallest absolute Gasteiger partial charge is 0.235 e. The van der Waals surface area contributed by atoms with Crippen molar-refractivity contribution in [2.75, 3.05) is 24.3 Å². The predicted molar refractivity (Wildman–Crippen MR) is 137 cm³/mol. The van der Waals surface area contributed by atoms with Gasteiger partial charge in [-0.25, -0.2) is 4.98 Å². The van der Waals surface area contributed by atoms with Gasteiger partial charge in [0.15, 0.2) is 39.8 Å². The van der Waals surface area contributed by atoms with E-state index in [9.17, 15) is 34.2 Å². The molecule has 2 saturated carbocycles. The van der Waals surface area contributed by atoms with Crippen LogP contribution in [0.1, 0.15) is 40.0 Å². The van der Waals surface area contributed by atoms with Crippen molar-refractivity contribution < 1.29 is 34.2 Å². The first-order valence-corrected chi connectivity index (χ1v) is 13.1. The van der Waals surface area contributed by atoms with Crippen LogP contribution in [0.15, 0.2) is 11.4 Å². The fraction of sp³-hybridized carbons (Fsp3) is 0.462. The molecule has 0 bridgehead atoms. The van der Waals surface area contributed by atoms with Crippen LogP contribution in [-0.4, -0.2) is 63.9 Å². The number of aromatic nitrogens is 1. The zero-order chi connectivity index (χ0) is 27.7. The van der Waals surface area contributed by atoms with Crippen LogP contribution in [0, 0.1) is 30.6 Å². The van der Waals surface area contributed by atoms with Crippen LogP contribution in [0.2, 0.25) is 0 Å². The van der Waals surface area contributed by atoms with Crippen molar-refractivity contribution in [1.82, 2.24) is 4.98 Å². The van der Waals surface area contributed by atoms with Gasteiger partial charge in [-0.2, -0.15) is 0 Å². The molecule has 11 nitrogen and oxygen atoms in total. The molecule has 0 spiro atoms. The number of aliphatic hydroxyl groups is 1. The minimum absolute atomic E-state index is 0.0224. The number of aromatic hydroxyl groups is 1. The van der Waals surface area contributed by atoms with Crippen LogP contribution in [0.25, 0.3) is 0 Å². The van der Waals surface area contributed by atoms with Gasteiger partial charge in [0, 0.05) is 49.6 Å². The second kappa shape index (κ2) is 8.98. The highest BCUT2D eigenvalue weighted by Gasteiger charge is 2.66. The summed E-state index contributed by atoms with van der Waals surface area (Å²) in [6.45, 7) is 2.02. The molecular weight excluding hydrogens is 512 g/mol. The van der Waals surface area contributed by atoms with Crippen LogP contribution in [0.3, 0.4) is 0 Å². The summed E-state index contributed by atoms with van der Waals surface area (Å²) < 4.78 is 0. The largest absolute Gasteiger partial charge is 0.507 e. The third kappa shape index (κ3) is 3.73. The first kappa shape index (κ1) is 26.0. The normalized spacial score (nSPS) is 28.4. The van der Waals surface area contributed by atoms with E-state index in [2.05, 4.69) is 10.3 Å². The monoisotopic (exact) mass is 540 g/mol. The van der Waals surface area contributed by atoms with Gasteiger partial charge in [-0.1, -0.05) is 0 Å². The third-order valence-corrected chi connectivity index (χ3v) is 8.91. The Kier molecular flexibility index (Phi) is 6.14. The Morgan fingerprint density at radius 1 is 1.24 bits per heavy atom. The van der Waals surface area contributed by atoms with Crippen molar-refractivity contribution >= 4 is 51.2 Å². The number of carbonyl (C=O) groups is 5. The van der Waals surface area contributed by atoms with Crippen molar-refractivity contribution in [3.05, 3.63) is 33.8 Å². The van der Waals surface area contributed by atoms with E-state index in [0.717, 1.165) is 5.69 Å². The highest BCUT2D eigenvalue weighted by Crippen LogP contribution is 2.51. The van der Waals surface area contributed by atoms with Crippen LogP contribution < -0.4 is 16.0 Å². The first-order chi connectivity index (χ1) is 17.9. The van der Waals surface area contributed by atoms with Crippen LogP contribution in [-0.2, 0) is 32.1 Å². The summed E-state index contributed by atoms with van der Waals surface area (Å²) in [5.74, 6) is -10.2. The lowest BCUT2D eigenvalue weighted by Gasteiger charge is -2.48. The van der Waals surface area contributed by atoms with E-state index in [-0.39, 0.29) is 37.1 Å². The highest BCUT2D eigenvalue weighted by molar-refractivity contribution is 7.13. The third-order valence-electron chi connectivity index (χ3n) is 7.99. The fourth-order valence-electron chi connectivity index (χ4n) is 6.21. The molecule has 38 heavy (non-hydrogen) atoms. The number of nitrogens with two attached hydrogens (primary N) is 1. The molecule has 2 fully saturated rings. The number of anilines is 2. The van der Waals surface area contributed by atoms with Gasteiger partial charge in [-0.05, 0) is 37.3 Å². The number of primary amides is 1.